The normalized spacial score (nSPS) is 9.83. The second kappa shape index (κ2) is 3.10. The van der Waals surface area contributed by atoms with Gasteiger partial charge in [-0.05, 0) is 0 Å². The van der Waals surface area contributed by atoms with E-state index >= 15 is 0 Å². The van der Waals surface area contributed by atoms with Crippen molar-refractivity contribution in [1.29, 1.82) is 0 Å². The zero-order chi connectivity index (χ0) is 4.50. The van der Waals surface area contributed by atoms with E-state index in [9.17, 15) is 0 Å². The van der Waals surface area contributed by atoms with Gasteiger partial charge < -0.3 is 19.2 Å². The first-order valence-electron chi connectivity index (χ1n) is 0.730. The quantitative estimate of drug-likeness (QED) is 0.356. The fourth-order valence-corrected chi connectivity index (χ4v) is 0. The first-order valence-corrected chi connectivity index (χ1v) is 2.19. The first kappa shape index (κ1) is 10.1. The summed E-state index contributed by atoms with van der Waals surface area (Å²) < 4.78 is 8.55. The van der Waals surface area contributed by atoms with Crippen molar-refractivity contribution in [3.63, 3.8) is 0 Å². The molecular formula is HgO4P-3. The molecule has 4 nitrogen and oxygen atoms in total. The van der Waals surface area contributed by atoms with Gasteiger partial charge in [0.1, 0.15) is 0 Å². The van der Waals surface area contributed by atoms with Crippen molar-refractivity contribution in [3.8, 4) is 0 Å². The van der Waals surface area contributed by atoms with E-state index in [1.54, 1.807) is 0 Å². The third-order valence-corrected chi connectivity index (χ3v) is 0. The van der Waals surface area contributed by atoms with Crippen LogP contribution in [-0.4, -0.2) is 0 Å². The van der Waals surface area contributed by atoms with Gasteiger partial charge in [0, 0.05) is 27.7 Å². The summed E-state index contributed by atoms with van der Waals surface area (Å²) in [6, 6.07) is 0. The Bertz CT molecular complexity index is 53.7. The van der Waals surface area contributed by atoms with Gasteiger partial charge in [-0.1, -0.05) is 0 Å². The second-order valence-electron chi connectivity index (χ2n) is 0.447. The Kier molecular flexibility index (Phi) is 5.23. The maximum atomic E-state index is 8.55. The molecule has 6 heteroatoms. The Hall–Kier alpha value is 1.05. The van der Waals surface area contributed by atoms with E-state index in [1.807, 2.05) is 0 Å². The van der Waals surface area contributed by atoms with Crippen LogP contribution in [0.1, 0.15) is 0 Å². The molecule has 0 aromatic rings. The van der Waals surface area contributed by atoms with Gasteiger partial charge in [-0.2, -0.15) is 7.82 Å². The summed E-state index contributed by atoms with van der Waals surface area (Å²) >= 11 is 0. The molecule has 0 atom stereocenters. The van der Waals surface area contributed by atoms with Gasteiger partial charge in [0.25, 0.3) is 0 Å². The molecule has 0 spiro atoms. The van der Waals surface area contributed by atoms with E-state index in [0.717, 1.165) is 0 Å². The summed E-state index contributed by atoms with van der Waals surface area (Å²) in [7, 11) is -5.39. The van der Waals surface area contributed by atoms with Gasteiger partial charge in [0.2, 0.25) is 0 Å². The number of hydrogen-bond acceptors (Lipinski definition) is 4. The standard InChI is InChI=1S/Hg.H3O4P/c;1-5(2,3)4/h;(H3,1,2,3,4)/p-3. The summed E-state index contributed by atoms with van der Waals surface area (Å²) in [5, 5.41) is 0. The molecule has 0 amide bonds. The van der Waals surface area contributed by atoms with Gasteiger partial charge >= 0.3 is 0 Å². The zero-order valence-corrected chi connectivity index (χ0v) is 9.18. The molecule has 0 aliphatic rings. The molecular weight excluding hydrogens is 296 g/mol. The molecule has 0 radical (unpaired) electrons. The van der Waals surface area contributed by atoms with Crippen molar-refractivity contribution in [2.75, 3.05) is 0 Å². The monoisotopic (exact) mass is 297 g/mol. The molecule has 0 N–H and O–H groups in total. The molecule has 34 valence electrons. The fourth-order valence-electron chi connectivity index (χ4n) is 0. The molecule has 0 bridgehead atoms. The largest absolute Gasteiger partial charge is 0.822 e. The van der Waals surface area contributed by atoms with Crippen LogP contribution in [0.3, 0.4) is 0 Å². The Morgan fingerprint density at radius 3 is 1.17 bits per heavy atom. The van der Waals surface area contributed by atoms with Crippen molar-refractivity contribution in [2.24, 2.45) is 0 Å². The number of phosphoric acid groups is 1. The molecule has 0 saturated carbocycles. The predicted octanol–water partition coefficient (Wildman–Crippen LogP) is -2.83. The molecule has 0 rings (SSSR count). The third-order valence-electron chi connectivity index (χ3n) is 0. The van der Waals surface area contributed by atoms with E-state index in [-0.39, 0.29) is 27.7 Å². The van der Waals surface area contributed by atoms with Crippen molar-refractivity contribution < 1.29 is 46.9 Å². The third kappa shape index (κ3) is 75.6. The minimum atomic E-state index is -5.39. The molecule has 0 aliphatic heterocycles. The van der Waals surface area contributed by atoms with E-state index in [2.05, 4.69) is 0 Å². The van der Waals surface area contributed by atoms with Crippen LogP contribution in [0.25, 0.3) is 0 Å². The van der Waals surface area contributed by atoms with Crippen molar-refractivity contribution in [3.05, 3.63) is 0 Å². The minimum Gasteiger partial charge on any atom is -0.822 e. The van der Waals surface area contributed by atoms with Gasteiger partial charge in [-0.15, -0.1) is 0 Å². The first-order chi connectivity index (χ1) is 2.00. The van der Waals surface area contributed by atoms with Crippen LogP contribution in [0, 0.1) is 0 Å². The number of hydrogen-bond donors (Lipinski definition) is 0. The average Bonchev–Trinajstić information content (AvgIpc) is 0.722. The van der Waals surface area contributed by atoms with Gasteiger partial charge in [0.15, 0.2) is 0 Å². The van der Waals surface area contributed by atoms with Crippen molar-refractivity contribution in [1.82, 2.24) is 0 Å². The van der Waals surface area contributed by atoms with Gasteiger partial charge in [-0.25, -0.2) is 0 Å². The maximum absolute atomic E-state index is 8.55. The summed E-state index contributed by atoms with van der Waals surface area (Å²) in [6.07, 6.45) is 0. The van der Waals surface area contributed by atoms with Crippen LogP contribution < -0.4 is 14.7 Å². The van der Waals surface area contributed by atoms with Crippen molar-refractivity contribution >= 4 is 7.82 Å². The van der Waals surface area contributed by atoms with E-state index < -0.39 is 7.82 Å². The van der Waals surface area contributed by atoms with Crippen LogP contribution in [-0.2, 0) is 32.2 Å². The molecule has 0 aliphatic carbocycles. The number of rotatable bonds is 0. The molecule has 0 aromatic carbocycles. The Labute approximate surface area is 54.9 Å². The SMILES string of the molecule is O=P([O-])([O-])[O-].[Hg]. The fraction of sp³-hybridized carbons (Fsp3) is 0. The van der Waals surface area contributed by atoms with Gasteiger partial charge in [-0.3, -0.25) is 0 Å². The zero-order valence-electron chi connectivity index (χ0n) is 2.79. The van der Waals surface area contributed by atoms with E-state index in [4.69, 9.17) is 19.2 Å². The Morgan fingerprint density at radius 2 is 1.17 bits per heavy atom. The van der Waals surface area contributed by atoms with E-state index in [0.29, 0.717) is 0 Å². The molecule has 6 heavy (non-hydrogen) atoms. The molecule has 0 aromatic heterocycles. The minimum absolute atomic E-state index is 0. The predicted molar refractivity (Wildman–Crippen MR) is 7.61 cm³/mol. The van der Waals surface area contributed by atoms with E-state index in [1.165, 1.54) is 0 Å². The average molecular weight is 296 g/mol. The van der Waals surface area contributed by atoms with Gasteiger partial charge in [0.05, 0.1) is 0 Å². The summed E-state index contributed by atoms with van der Waals surface area (Å²) in [6.45, 7) is 0. The summed E-state index contributed by atoms with van der Waals surface area (Å²) in [5.41, 5.74) is 0. The van der Waals surface area contributed by atoms with Crippen LogP contribution in [0.4, 0.5) is 0 Å². The maximum Gasteiger partial charge on any atom is 0 e. The molecule has 0 heterocycles. The Balaban J connectivity index is 0. The summed E-state index contributed by atoms with van der Waals surface area (Å²) in [5.74, 6) is 0. The smallest absolute Gasteiger partial charge is 0 e. The summed E-state index contributed by atoms with van der Waals surface area (Å²) in [4.78, 5) is 25.6. The topological polar surface area (TPSA) is 86.2 Å². The molecule has 0 fully saturated rings. The Morgan fingerprint density at radius 1 is 1.17 bits per heavy atom. The second-order valence-corrected chi connectivity index (χ2v) is 1.34. The van der Waals surface area contributed by atoms with Crippen LogP contribution >= 0.6 is 7.82 Å². The van der Waals surface area contributed by atoms with Crippen LogP contribution in [0.5, 0.6) is 0 Å². The molecule has 0 unspecified atom stereocenters. The molecule has 0 saturated heterocycles. The van der Waals surface area contributed by atoms with Crippen molar-refractivity contribution in [2.45, 2.75) is 0 Å². The van der Waals surface area contributed by atoms with Crippen LogP contribution in [0.2, 0.25) is 0 Å². The van der Waals surface area contributed by atoms with Crippen LogP contribution in [0.15, 0.2) is 0 Å².